The molecule has 7 heteroatoms. The molecule has 0 saturated carbocycles. The van der Waals surface area contributed by atoms with Crippen LogP contribution in [-0.2, 0) is 14.9 Å². The number of nitrogens with one attached hydrogen (secondary N) is 1. The monoisotopic (exact) mass is 317 g/mol. The van der Waals surface area contributed by atoms with Gasteiger partial charge in [-0.1, -0.05) is 6.07 Å². The van der Waals surface area contributed by atoms with Crippen molar-refractivity contribution in [1.29, 1.82) is 0 Å². The zero-order valence-corrected chi connectivity index (χ0v) is 12.5. The van der Waals surface area contributed by atoms with Crippen LogP contribution < -0.4 is 11.1 Å². The lowest BCUT2D eigenvalue weighted by atomic mass is 9.76. The van der Waals surface area contributed by atoms with Crippen LogP contribution in [0.3, 0.4) is 0 Å². The highest BCUT2D eigenvalue weighted by Gasteiger charge is 2.47. The summed E-state index contributed by atoms with van der Waals surface area (Å²) in [6.45, 7) is 1.68. The van der Waals surface area contributed by atoms with E-state index >= 15 is 0 Å². The Kier molecular flexibility index (Phi) is 3.55. The van der Waals surface area contributed by atoms with Crippen molar-refractivity contribution >= 4 is 12.0 Å². The SMILES string of the molecule is CC(C(N)=O)(c1ccc(-n2cccc2)c(F)c1)C1CNC(=O)O1. The van der Waals surface area contributed by atoms with Crippen LogP contribution in [-0.4, -0.2) is 29.2 Å². The largest absolute Gasteiger partial charge is 0.443 e. The van der Waals surface area contributed by atoms with E-state index in [0.29, 0.717) is 11.3 Å². The second kappa shape index (κ2) is 5.42. The number of primary amides is 1. The number of carbonyl (C=O) groups is 2. The van der Waals surface area contributed by atoms with Gasteiger partial charge in [0.2, 0.25) is 5.91 Å². The number of carbonyl (C=O) groups excluding carboxylic acids is 2. The molecule has 0 radical (unpaired) electrons. The Morgan fingerprint density at radius 2 is 2.13 bits per heavy atom. The number of benzene rings is 1. The van der Waals surface area contributed by atoms with Crippen LogP contribution in [0.5, 0.6) is 0 Å². The molecule has 2 aromatic rings. The van der Waals surface area contributed by atoms with E-state index in [-0.39, 0.29) is 6.54 Å². The molecule has 0 spiro atoms. The van der Waals surface area contributed by atoms with Gasteiger partial charge in [-0.15, -0.1) is 0 Å². The Hall–Kier alpha value is -2.83. The number of nitrogens with two attached hydrogens (primary N) is 1. The van der Waals surface area contributed by atoms with Crippen molar-refractivity contribution in [1.82, 2.24) is 9.88 Å². The highest BCUT2D eigenvalue weighted by Crippen LogP contribution is 2.32. The molecule has 120 valence electrons. The zero-order valence-electron chi connectivity index (χ0n) is 12.5. The molecule has 6 nitrogen and oxygen atoms in total. The molecule has 1 aliphatic rings. The topological polar surface area (TPSA) is 86.4 Å². The van der Waals surface area contributed by atoms with E-state index in [1.807, 2.05) is 0 Å². The zero-order chi connectivity index (χ0) is 16.6. The number of aromatic nitrogens is 1. The van der Waals surface area contributed by atoms with E-state index in [4.69, 9.17) is 10.5 Å². The van der Waals surface area contributed by atoms with E-state index in [1.54, 1.807) is 48.1 Å². The lowest BCUT2D eigenvalue weighted by Crippen LogP contribution is -2.49. The minimum Gasteiger partial charge on any atom is -0.443 e. The van der Waals surface area contributed by atoms with E-state index in [9.17, 15) is 14.0 Å². The molecule has 2 atom stereocenters. The molecule has 0 aliphatic carbocycles. The van der Waals surface area contributed by atoms with Gasteiger partial charge in [-0.25, -0.2) is 9.18 Å². The molecule has 0 bridgehead atoms. The summed E-state index contributed by atoms with van der Waals surface area (Å²) >= 11 is 0. The molecule has 3 N–H and O–H groups in total. The molecule has 2 unspecified atom stereocenters. The maximum absolute atomic E-state index is 14.5. The van der Waals surface area contributed by atoms with Crippen molar-refractivity contribution in [3.8, 4) is 5.69 Å². The number of amides is 2. The summed E-state index contributed by atoms with van der Waals surface area (Å²) in [6, 6.07) is 8.01. The van der Waals surface area contributed by atoms with Crippen LogP contribution >= 0.6 is 0 Å². The number of hydrogen-bond acceptors (Lipinski definition) is 3. The summed E-state index contributed by atoms with van der Waals surface area (Å²) in [6.07, 6.45) is 2.03. The van der Waals surface area contributed by atoms with Gasteiger partial charge in [-0.05, 0) is 36.8 Å². The van der Waals surface area contributed by atoms with Crippen LogP contribution in [0.4, 0.5) is 9.18 Å². The Morgan fingerprint density at radius 3 is 2.65 bits per heavy atom. The minimum absolute atomic E-state index is 0.138. The summed E-state index contributed by atoms with van der Waals surface area (Å²) in [5, 5.41) is 2.48. The van der Waals surface area contributed by atoms with Crippen molar-refractivity contribution in [3.63, 3.8) is 0 Å². The van der Waals surface area contributed by atoms with Gasteiger partial charge in [0.15, 0.2) is 0 Å². The Morgan fingerprint density at radius 1 is 1.43 bits per heavy atom. The molecule has 2 amide bonds. The van der Waals surface area contributed by atoms with Gasteiger partial charge < -0.3 is 20.4 Å². The summed E-state index contributed by atoms with van der Waals surface area (Å²) in [5.74, 6) is -1.18. The van der Waals surface area contributed by atoms with Crippen LogP contribution in [0, 0.1) is 5.82 Å². The van der Waals surface area contributed by atoms with Gasteiger partial charge in [0.25, 0.3) is 0 Å². The van der Waals surface area contributed by atoms with Gasteiger partial charge >= 0.3 is 6.09 Å². The van der Waals surface area contributed by atoms with Gasteiger partial charge in [0, 0.05) is 12.4 Å². The van der Waals surface area contributed by atoms with Crippen molar-refractivity contribution in [2.75, 3.05) is 6.54 Å². The fourth-order valence-electron chi connectivity index (χ4n) is 2.73. The van der Waals surface area contributed by atoms with E-state index in [1.165, 1.54) is 6.07 Å². The molecular weight excluding hydrogens is 301 g/mol. The number of halogens is 1. The fraction of sp³-hybridized carbons (Fsp3) is 0.250. The Bertz CT molecular complexity index is 760. The summed E-state index contributed by atoms with van der Waals surface area (Å²) in [5.41, 5.74) is 4.92. The number of cyclic esters (lactones) is 1. The first-order chi connectivity index (χ1) is 10.9. The molecule has 3 rings (SSSR count). The molecule has 23 heavy (non-hydrogen) atoms. The third kappa shape index (κ3) is 2.44. The number of ether oxygens (including phenoxy) is 1. The third-order valence-electron chi connectivity index (χ3n) is 4.27. The molecule has 1 aromatic heterocycles. The number of alkyl carbamates (subject to hydrolysis) is 1. The van der Waals surface area contributed by atoms with Gasteiger partial charge in [0.1, 0.15) is 17.3 Å². The number of nitrogens with zero attached hydrogens (tertiary/aromatic N) is 1. The standard InChI is InChI=1S/C16H16FN3O3/c1-16(14(18)21,13-9-19-15(22)23-13)10-4-5-12(11(17)8-10)20-6-2-3-7-20/h2-8,13H,9H2,1H3,(H2,18,21)(H,19,22). The first-order valence-corrected chi connectivity index (χ1v) is 7.10. The maximum Gasteiger partial charge on any atom is 0.407 e. The summed E-state index contributed by atoms with van der Waals surface area (Å²) in [7, 11) is 0. The van der Waals surface area contributed by atoms with E-state index in [2.05, 4.69) is 5.32 Å². The summed E-state index contributed by atoms with van der Waals surface area (Å²) < 4.78 is 21.2. The number of rotatable bonds is 4. The maximum atomic E-state index is 14.5. The lowest BCUT2D eigenvalue weighted by Gasteiger charge is -2.31. The molecule has 2 heterocycles. The van der Waals surface area contributed by atoms with Crippen molar-refractivity contribution < 1.29 is 18.7 Å². The Labute approximate surface area is 132 Å². The second-order valence-electron chi connectivity index (χ2n) is 5.60. The van der Waals surface area contributed by atoms with Crippen LogP contribution in [0.2, 0.25) is 0 Å². The molecule has 1 saturated heterocycles. The molecule has 1 aromatic carbocycles. The van der Waals surface area contributed by atoms with Gasteiger partial charge in [-0.3, -0.25) is 4.79 Å². The molecule has 1 aliphatic heterocycles. The predicted octanol–water partition coefficient (Wildman–Crippen LogP) is 1.47. The first-order valence-electron chi connectivity index (χ1n) is 7.10. The second-order valence-corrected chi connectivity index (χ2v) is 5.60. The van der Waals surface area contributed by atoms with Crippen molar-refractivity contribution in [2.45, 2.75) is 18.4 Å². The number of hydrogen-bond donors (Lipinski definition) is 2. The normalized spacial score (nSPS) is 19.7. The van der Waals surface area contributed by atoms with Gasteiger partial charge in [0.05, 0.1) is 12.2 Å². The highest BCUT2D eigenvalue weighted by atomic mass is 19.1. The van der Waals surface area contributed by atoms with E-state index < -0.39 is 29.3 Å². The Balaban J connectivity index is 2.02. The van der Waals surface area contributed by atoms with Crippen LogP contribution in [0.25, 0.3) is 5.69 Å². The van der Waals surface area contributed by atoms with Crippen molar-refractivity contribution in [2.24, 2.45) is 5.73 Å². The minimum atomic E-state index is -1.32. The third-order valence-corrected chi connectivity index (χ3v) is 4.27. The smallest absolute Gasteiger partial charge is 0.407 e. The fourth-order valence-corrected chi connectivity index (χ4v) is 2.73. The van der Waals surface area contributed by atoms with E-state index in [0.717, 1.165) is 0 Å². The summed E-state index contributed by atoms with van der Waals surface area (Å²) in [4.78, 5) is 23.3. The molecule has 1 fully saturated rings. The quantitative estimate of drug-likeness (QED) is 0.895. The average molecular weight is 317 g/mol. The highest BCUT2D eigenvalue weighted by molar-refractivity contribution is 5.88. The lowest BCUT2D eigenvalue weighted by molar-refractivity contribution is -0.126. The molecular formula is C16H16FN3O3. The van der Waals surface area contributed by atoms with Gasteiger partial charge in [-0.2, -0.15) is 0 Å². The van der Waals surface area contributed by atoms with Crippen molar-refractivity contribution in [3.05, 3.63) is 54.1 Å². The predicted molar refractivity (Wildman–Crippen MR) is 80.5 cm³/mol. The first kappa shape index (κ1) is 15.1. The van der Waals surface area contributed by atoms with Crippen LogP contribution in [0.1, 0.15) is 12.5 Å². The average Bonchev–Trinajstić information content (AvgIpc) is 3.17. The van der Waals surface area contributed by atoms with Crippen LogP contribution in [0.15, 0.2) is 42.7 Å².